The van der Waals surface area contributed by atoms with E-state index >= 15 is 0 Å². The molecule has 1 aliphatic heterocycles. The molecule has 5 nitrogen and oxygen atoms in total. The van der Waals surface area contributed by atoms with E-state index < -0.39 is 0 Å². The quantitative estimate of drug-likeness (QED) is 0.448. The normalized spacial score (nSPS) is 19.3. The fourth-order valence-electron chi connectivity index (χ4n) is 2.91. The van der Waals surface area contributed by atoms with Gasteiger partial charge in [0.25, 0.3) is 0 Å². The van der Waals surface area contributed by atoms with Crippen molar-refractivity contribution in [3.05, 3.63) is 0 Å². The first-order chi connectivity index (χ1) is 10.7. The van der Waals surface area contributed by atoms with Crippen LogP contribution in [0.4, 0.5) is 0 Å². The van der Waals surface area contributed by atoms with Gasteiger partial charge in [-0.05, 0) is 31.6 Å². The van der Waals surface area contributed by atoms with E-state index in [9.17, 15) is 4.79 Å². The first kappa shape index (κ1) is 19.8. The van der Waals surface area contributed by atoms with E-state index in [1.807, 2.05) is 20.8 Å². The molecule has 1 heterocycles. The molecule has 1 amide bonds. The summed E-state index contributed by atoms with van der Waals surface area (Å²) >= 11 is 0. The summed E-state index contributed by atoms with van der Waals surface area (Å²) in [4.78, 5) is 18.9. The Morgan fingerprint density at radius 2 is 2.00 bits per heavy atom. The van der Waals surface area contributed by atoms with Crippen molar-refractivity contribution in [1.29, 1.82) is 0 Å². The fraction of sp³-hybridized carbons (Fsp3) is 0.889. The van der Waals surface area contributed by atoms with Gasteiger partial charge in [-0.25, -0.2) is 0 Å². The van der Waals surface area contributed by atoms with Gasteiger partial charge in [-0.15, -0.1) is 0 Å². The number of aliphatic imine (C=N–C) groups is 1. The van der Waals surface area contributed by atoms with Crippen LogP contribution in [-0.4, -0.2) is 49.5 Å². The van der Waals surface area contributed by atoms with Crippen LogP contribution in [0.2, 0.25) is 0 Å². The Bertz CT molecular complexity index is 398. The topological polar surface area (TPSA) is 56.7 Å². The molecule has 0 aliphatic carbocycles. The van der Waals surface area contributed by atoms with Crippen molar-refractivity contribution in [3.63, 3.8) is 0 Å². The van der Waals surface area contributed by atoms with Crippen molar-refractivity contribution in [3.8, 4) is 0 Å². The molecule has 1 rings (SSSR count). The molecule has 1 aliphatic rings. The zero-order chi connectivity index (χ0) is 17.5. The van der Waals surface area contributed by atoms with Gasteiger partial charge < -0.3 is 15.5 Å². The molecule has 0 aromatic carbocycles. The number of hydrogen-bond acceptors (Lipinski definition) is 2. The Hall–Kier alpha value is -1.26. The zero-order valence-electron chi connectivity index (χ0n) is 15.9. The summed E-state index contributed by atoms with van der Waals surface area (Å²) in [7, 11) is 0. The second kappa shape index (κ2) is 9.14. The lowest BCUT2D eigenvalue weighted by molar-refractivity contribution is -0.128. The molecule has 1 atom stereocenters. The molecule has 1 saturated heterocycles. The van der Waals surface area contributed by atoms with Gasteiger partial charge in [0.2, 0.25) is 5.91 Å². The number of carbonyl (C=O) groups is 1. The maximum atomic E-state index is 11.9. The van der Waals surface area contributed by atoms with Gasteiger partial charge in [-0.3, -0.25) is 9.79 Å². The molecule has 134 valence electrons. The fourth-order valence-corrected chi connectivity index (χ4v) is 2.91. The van der Waals surface area contributed by atoms with Gasteiger partial charge in [-0.2, -0.15) is 0 Å². The minimum atomic E-state index is -0.340. The van der Waals surface area contributed by atoms with E-state index in [1.54, 1.807) is 0 Å². The number of rotatable bonds is 6. The van der Waals surface area contributed by atoms with Gasteiger partial charge in [0.15, 0.2) is 5.96 Å². The van der Waals surface area contributed by atoms with E-state index in [4.69, 9.17) is 0 Å². The second-order valence-electron chi connectivity index (χ2n) is 7.97. The summed E-state index contributed by atoms with van der Waals surface area (Å²) in [5, 5.41) is 6.33. The monoisotopic (exact) mass is 324 g/mol. The third kappa shape index (κ3) is 7.23. The summed E-state index contributed by atoms with van der Waals surface area (Å²) in [6.07, 6.45) is 2.54. The number of likely N-dealkylation sites (tertiary alicyclic amines) is 1. The highest BCUT2D eigenvalue weighted by atomic mass is 16.2. The van der Waals surface area contributed by atoms with E-state index in [-0.39, 0.29) is 11.3 Å². The number of guanidine groups is 1. The minimum absolute atomic E-state index is 0.0795. The molecule has 0 radical (unpaired) electrons. The molecule has 5 heteroatoms. The molecule has 0 spiro atoms. The SMILES string of the molecule is CCNC(=NCCNC(=O)C(C)(C)C)N1CCC(CC(C)C)C1. The molecule has 1 fully saturated rings. The van der Waals surface area contributed by atoms with E-state index in [0.29, 0.717) is 13.1 Å². The van der Waals surface area contributed by atoms with Gasteiger partial charge in [0.1, 0.15) is 0 Å². The Balaban J connectivity index is 2.47. The number of amides is 1. The van der Waals surface area contributed by atoms with Crippen LogP contribution in [0, 0.1) is 17.3 Å². The summed E-state index contributed by atoms with van der Waals surface area (Å²) in [5.41, 5.74) is -0.340. The first-order valence-electron chi connectivity index (χ1n) is 9.05. The maximum Gasteiger partial charge on any atom is 0.225 e. The maximum absolute atomic E-state index is 11.9. The third-order valence-electron chi connectivity index (χ3n) is 4.07. The number of hydrogen-bond donors (Lipinski definition) is 2. The zero-order valence-corrected chi connectivity index (χ0v) is 15.9. The van der Waals surface area contributed by atoms with Crippen LogP contribution in [0.25, 0.3) is 0 Å². The number of nitrogens with zero attached hydrogens (tertiary/aromatic N) is 2. The molecule has 0 saturated carbocycles. The van der Waals surface area contributed by atoms with Crippen molar-refractivity contribution < 1.29 is 4.79 Å². The van der Waals surface area contributed by atoms with Crippen molar-refractivity contribution in [2.75, 3.05) is 32.7 Å². The van der Waals surface area contributed by atoms with Crippen molar-refractivity contribution in [2.45, 2.75) is 54.4 Å². The molecule has 2 N–H and O–H groups in total. The Morgan fingerprint density at radius 1 is 1.30 bits per heavy atom. The molecular weight excluding hydrogens is 288 g/mol. The highest BCUT2D eigenvalue weighted by Gasteiger charge is 2.25. The molecular formula is C18H36N4O. The molecule has 0 bridgehead atoms. The van der Waals surface area contributed by atoms with Gasteiger partial charge >= 0.3 is 0 Å². The van der Waals surface area contributed by atoms with E-state index in [2.05, 4.69) is 41.3 Å². The number of carbonyl (C=O) groups excluding carboxylic acids is 1. The Morgan fingerprint density at radius 3 is 2.57 bits per heavy atom. The van der Waals surface area contributed by atoms with Gasteiger partial charge in [-0.1, -0.05) is 34.6 Å². The van der Waals surface area contributed by atoms with Crippen molar-refractivity contribution >= 4 is 11.9 Å². The minimum Gasteiger partial charge on any atom is -0.357 e. The lowest BCUT2D eigenvalue weighted by Crippen LogP contribution is -2.41. The number of nitrogens with one attached hydrogen (secondary N) is 2. The highest BCUT2D eigenvalue weighted by molar-refractivity contribution is 5.81. The molecule has 1 unspecified atom stereocenters. The van der Waals surface area contributed by atoms with Crippen LogP contribution >= 0.6 is 0 Å². The molecule has 0 aromatic rings. The van der Waals surface area contributed by atoms with Crippen LogP contribution in [0.5, 0.6) is 0 Å². The average Bonchev–Trinajstić information content (AvgIpc) is 2.88. The third-order valence-corrected chi connectivity index (χ3v) is 4.07. The predicted octanol–water partition coefficient (Wildman–Crippen LogP) is 2.48. The van der Waals surface area contributed by atoms with Crippen LogP contribution in [0.3, 0.4) is 0 Å². The standard InChI is InChI=1S/C18H36N4O/c1-7-19-17(21-10-9-20-16(23)18(4,5)6)22-11-8-15(13-22)12-14(2)3/h14-15H,7-13H2,1-6H3,(H,19,21)(H,20,23). The summed E-state index contributed by atoms with van der Waals surface area (Å²) in [6, 6.07) is 0. The van der Waals surface area contributed by atoms with Gasteiger partial charge in [0.05, 0.1) is 6.54 Å². The van der Waals surface area contributed by atoms with Crippen LogP contribution in [0.15, 0.2) is 4.99 Å². The van der Waals surface area contributed by atoms with E-state index in [0.717, 1.165) is 37.4 Å². The summed E-state index contributed by atoms with van der Waals surface area (Å²) in [6.45, 7) is 16.7. The summed E-state index contributed by atoms with van der Waals surface area (Å²) < 4.78 is 0. The lowest BCUT2D eigenvalue weighted by atomic mass is 9.96. The highest BCUT2D eigenvalue weighted by Crippen LogP contribution is 2.23. The Labute approximate surface area is 142 Å². The van der Waals surface area contributed by atoms with Crippen LogP contribution < -0.4 is 10.6 Å². The smallest absolute Gasteiger partial charge is 0.225 e. The first-order valence-corrected chi connectivity index (χ1v) is 9.05. The van der Waals surface area contributed by atoms with Crippen LogP contribution in [0.1, 0.15) is 54.4 Å². The lowest BCUT2D eigenvalue weighted by Gasteiger charge is -2.22. The van der Waals surface area contributed by atoms with Crippen LogP contribution in [-0.2, 0) is 4.79 Å². The average molecular weight is 325 g/mol. The largest absolute Gasteiger partial charge is 0.357 e. The summed E-state index contributed by atoms with van der Waals surface area (Å²) in [5.74, 6) is 2.60. The Kier molecular flexibility index (Phi) is 7.86. The predicted molar refractivity (Wildman–Crippen MR) is 97.6 cm³/mol. The van der Waals surface area contributed by atoms with E-state index in [1.165, 1.54) is 12.8 Å². The molecule has 23 heavy (non-hydrogen) atoms. The van der Waals surface area contributed by atoms with Crippen molar-refractivity contribution in [1.82, 2.24) is 15.5 Å². The second-order valence-corrected chi connectivity index (χ2v) is 7.97. The molecule has 0 aromatic heterocycles. The van der Waals surface area contributed by atoms with Crippen molar-refractivity contribution in [2.24, 2.45) is 22.2 Å². The van der Waals surface area contributed by atoms with Gasteiger partial charge in [0, 0.05) is 31.6 Å².